The van der Waals surface area contributed by atoms with Crippen LogP contribution in [-0.4, -0.2) is 26.1 Å². The molecular weight excluding hydrogens is 262 g/mol. The van der Waals surface area contributed by atoms with Gasteiger partial charge in [0.1, 0.15) is 12.1 Å². The van der Waals surface area contributed by atoms with Crippen molar-refractivity contribution in [2.24, 2.45) is 0 Å². The molecule has 0 aliphatic carbocycles. The van der Waals surface area contributed by atoms with Crippen molar-refractivity contribution in [2.45, 2.75) is 27.2 Å². The molecule has 0 aliphatic rings. The average Bonchev–Trinajstić information content (AvgIpc) is 2.89. The highest BCUT2D eigenvalue weighted by atomic mass is 15.1. The summed E-state index contributed by atoms with van der Waals surface area (Å²) in [6.07, 6.45) is 6.36. The van der Waals surface area contributed by atoms with Crippen LogP contribution in [0, 0.1) is 13.8 Å². The van der Waals surface area contributed by atoms with Gasteiger partial charge in [-0.2, -0.15) is 0 Å². The summed E-state index contributed by atoms with van der Waals surface area (Å²) in [5, 5.41) is 3.26. The van der Waals surface area contributed by atoms with Crippen molar-refractivity contribution in [3.8, 4) is 5.82 Å². The molecule has 0 bridgehead atoms. The summed E-state index contributed by atoms with van der Waals surface area (Å²) < 4.78 is 1.98. The third-order valence-electron chi connectivity index (χ3n) is 3.59. The van der Waals surface area contributed by atoms with Gasteiger partial charge in [0.2, 0.25) is 0 Å². The van der Waals surface area contributed by atoms with E-state index in [0.29, 0.717) is 0 Å². The van der Waals surface area contributed by atoms with Crippen molar-refractivity contribution in [1.82, 2.24) is 19.5 Å². The number of rotatable bonds is 4. The maximum Gasteiger partial charge on any atom is 0.159 e. The third kappa shape index (κ3) is 2.59. The molecule has 5 nitrogen and oxygen atoms in total. The Kier molecular flexibility index (Phi) is 3.56. The Hall–Kier alpha value is -2.43. The van der Waals surface area contributed by atoms with E-state index in [-0.39, 0.29) is 0 Å². The molecular formula is C16H19N5. The van der Waals surface area contributed by atoms with E-state index >= 15 is 0 Å². The molecule has 0 atom stereocenters. The molecule has 2 heterocycles. The van der Waals surface area contributed by atoms with Crippen LogP contribution in [0.15, 0.2) is 30.9 Å². The summed E-state index contributed by atoms with van der Waals surface area (Å²) in [6, 6.07) is 4.25. The number of fused-ring (bicyclic) bond motifs is 1. The zero-order chi connectivity index (χ0) is 14.8. The first-order valence-electron chi connectivity index (χ1n) is 7.19. The van der Waals surface area contributed by atoms with E-state index in [1.165, 1.54) is 11.1 Å². The van der Waals surface area contributed by atoms with Crippen molar-refractivity contribution >= 4 is 16.9 Å². The molecule has 0 saturated heterocycles. The molecule has 1 N–H and O–H groups in total. The van der Waals surface area contributed by atoms with Gasteiger partial charge in [-0.25, -0.2) is 9.97 Å². The van der Waals surface area contributed by atoms with Crippen LogP contribution in [0.5, 0.6) is 0 Å². The SMILES string of the molecule is CCCNc1cncc(-n2cnc3cc(C)c(C)cc32)n1. The predicted molar refractivity (Wildman–Crippen MR) is 84.9 cm³/mol. The predicted octanol–water partition coefficient (Wildman–Crippen LogP) is 3.25. The summed E-state index contributed by atoms with van der Waals surface area (Å²) in [4.78, 5) is 13.3. The van der Waals surface area contributed by atoms with Crippen LogP contribution in [0.2, 0.25) is 0 Å². The van der Waals surface area contributed by atoms with Crippen molar-refractivity contribution in [2.75, 3.05) is 11.9 Å². The number of benzene rings is 1. The zero-order valence-corrected chi connectivity index (χ0v) is 12.6. The lowest BCUT2D eigenvalue weighted by molar-refractivity contribution is 0.945. The van der Waals surface area contributed by atoms with Gasteiger partial charge in [0, 0.05) is 6.54 Å². The fourth-order valence-electron chi connectivity index (χ4n) is 2.26. The fourth-order valence-corrected chi connectivity index (χ4v) is 2.26. The zero-order valence-electron chi connectivity index (χ0n) is 12.6. The minimum atomic E-state index is 0.779. The molecule has 0 amide bonds. The topological polar surface area (TPSA) is 55.6 Å². The second-order valence-corrected chi connectivity index (χ2v) is 5.23. The number of imidazole rings is 1. The van der Waals surface area contributed by atoms with Crippen LogP contribution < -0.4 is 5.32 Å². The minimum Gasteiger partial charge on any atom is -0.369 e. The van der Waals surface area contributed by atoms with E-state index in [1.54, 1.807) is 18.7 Å². The molecule has 0 aliphatic heterocycles. The molecule has 3 aromatic rings. The molecule has 0 radical (unpaired) electrons. The molecule has 0 unspecified atom stereocenters. The smallest absolute Gasteiger partial charge is 0.159 e. The van der Waals surface area contributed by atoms with Gasteiger partial charge < -0.3 is 5.32 Å². The van der Waals surface area contributed by atoms with Crippen molar-refractivity contribution in [3.63, 3.8) is 0 Å². The molecule has 0 saturated carbocycles. The van der Waals surface area contributed by atoms with Gasteiger partial charge in [-0.05, 0) is 43.5 Å². The van der Waals surface area contributed by atoms with Gasteiger partial charge in [0.15, 0.2) is 5.82 Å². The second-order valence-electron chi connectivity index (χ2n) is 5.23. The second kappa shape index (κ2) is 5.52. The molecule has 0 fully saturated rings. The maximum absolute atomic E-state index is 4.60. The van der Waals surface area contributed by atoms with Gasteiger partial charge in [-0.1, -0.05) is 6.92 Å². The quantitative estimate of drug-likeness (QED) is 0.797. The van der Waals surface area contributed by atoms with Crippen molar-refractivity contribution < 1.29 is 0 Å². The first-order chi connectivity index (χ1) is 10.2. The van der Waals surface area contributed by atoms with Crippen LogP contribution in [0.25, 0.3) is 16.9 Å². The lowest BCUT2D eigenvalue weighted by Crippen LogP contribution is -2.05. The average molecular weight is 281 g/mol. The molecule has 2 aromatic heterocycles. The Balaban J connectivity index is 2.06. The van der Waals surface area contributed by atoms with E-state index < -0.39 is 0 Å². The van der Waals surface area contributed by atoms with E-state index in [2.05, 4.69) is 53.2 Å². The lowest BCUT2D eigenvalue weighted by Gasteiger charge is -2.08. The summed E-state index contributed by atoms with van der Waals surface area (Å²) in [7, 11) is 0. The molecule has 21 heavy (non-hydrogen) atoms. The summed E-state index contributed by atoms with van der Waals surface area (Å²) in [5.74, 6) is 1.57. The number of aryl methyl sites for hydroxylation is 2. The van der Waals surface area contributed by atoms with Crippen LogP contribution in [0.3, 0.4) is 0 Å². The molecule has 108 valence electrons. The highest BCUT2D eigenvalue weighted by Crippen LogP contribution is 2.21. The van der Waals surface area contributed by atoms with Crippen LogP contribution >= 0.6 is 0 Å². The Labute approximate surface area is 124 Å². The monoisotopic (exact) mass is 281 g/mol. The van der Waals surface area contributed by atoms with E-state index in [9.17, 15) is 0 Å². The first-order valence-corrected chi connectivity index (χ1v) is 7.19. The standard InChI is InChI=1S/C16H19N5/c1-4-5-18-15-8-17-9-16(20-15)21-10-19-13-6-11(2)12(3)7-14(13)21/h6-10H,4-5H2,1-3H3,(H,18,20). The van der Waals surface area contributed by atoms with Crippen LogP contribution in [0.1, 0.15) is 24.5 Å². The van der Waals surface area contributed by atoms with Gasteiger partial charge in [0.25, 0.3) is 0 Å². The first kappa shape index (κ1) is 13.5. The Morgan fingerprint density at radius 3 is 2.76 bits per heavy atom. The van der Waals surface area contributed by atoms with E-state index in [4.69, 9.17) is 0 Å². The highest BCUT2D eigenvalue weighted by Gasteiger charge is 2.08. The van der Waals surface area contributed by atoms with E-state index in [0.717, 1.165) is 35.6 Å². The van der Waals surface area contributed by atoms with Gasteiger partial charge in [-0.3, -0.25) is 9.55 Å². The number of nitrogens with one attached hydrogen (secondary N) is 1. The minimum absolute atomic E-state index is 0.779. The van der Waals surface area contributed by atoms with Crippen LogP contribution in [0.4, 0.5) is 5.82 Å². The molecule has 5 heteroatoms. The van der Waals surface area contributed by atoms with Gasteiger partial charge in [0.05, 0.1) is 23.4 Å². The number of hydrogen-bond donors (Lipinski definition) is 1. The van der Waals surface area contributed by atoms with Crippen LogP contribution in [-0.2, 0) is 0 Å². The molecule has 3 rings (SSSR count). The number of nitrogens with zero attached hydrogens (tertiary/aromatic N) is 4. The van der Waals surface area contributed by atoms with Gasteiger partial charge >= 0.3 is 0 Å². The Bertz CT molecular complexity index is 775. The third-order valence-corrected chi connectivity index (χ3v) is 3.59. The normalized spacial score (nSPS) is 11.0. The van der Waals surface area contributed by atoms with E-state index in [1.807, 2.05) is 4.57 Å². The van der Waals surface area contributed by atoms with Gasteiger partial charge in [-0.15, -0.1) is 0 Å². The fraction of sp³-hybridized carbons (Fsp3) is 0.312. The number of aromatic nitrogens is 4. The molecule has 1 aromatic carbocycles. The largest absolute Gasteiger partial charge is 0.369 e. The summed E-state index contributed by atoms with van der Waals surface area (Å²) >= 11 is 0. The lowest BCUT2D eigenvalue weighted by atomic mass is 10.1. The molecule has 0 spiro atoms. The van der Waals surface area contributed by atoms with Crippen molar-refractivity contribution in [3.05, 3.63) is 42.0 Å². The summed E-state index contributed by atoms with van der Waals surface area (Å²) in [6.45, 7) is 7.22. The van der Waals surface area contributed by atoms with Crippen molar-refractivity contribution in [1.29, 1.82) is 0 Å². The number of hydrogen-bond acceptors (Lipinski definition) is 4. The highest BCUT2D eigenvalue weighted by molar-refractivity contribution is 5.78. The Morgan fingerprint density at radius 2 is 1.95 bits per heavy atom. The summed E-state index contributed by atoms with van der Waals surface area (Å²) in [5.41, 5.74) is 4.53. The number of anilines is 1. The Morgan fingerprint density at radius 1 is 1.14 bits per heavy atom. The maximum atomic E-state index is 4.60.